The summed E-state index contributed by atoms with van der Waals surface area (Å²) in [5.74, 6) is -2.17. The van der Waals surface area contributed by atoms with Crippen molar-refractivity contribution in [1.82, 2.24) is 23.6 Å². The zero-order valence-corrected chi connectivity index (χ0v) is 19.2. The summed E-state index contributed by atoms with van der Waals surface area (Å²) in [6.07, 6.45) is 1.36. The first-order valence-corrected chi connectivity index (χ1v) is 10.4. The van der Waals surface area contributed by atoms with Crippen molar-refractivity contribution in [3.8, 4) is 0 Å². The highest BCUT2D eigenvalue weighted by Gasteiger charge is 2.42. The number of esters is 1. The number of hydrogen-bond acceptors (Lipinski definition) is 7. The van der Waals surface area contributed by atoms with E-state index in [4.69, 9.17) is 27.9 Å². The number of imidazole rings is 1. The minimum Gasteiger partial charge on any atom is -0.462 e. The maximum atomic E-state index is 12.7. The highest BCUT2D eigenvalue weighted by Crippen LogP contribution is 2.32. The molecule has 0 radical (unpaired) electrons. The molecule has 4 rings (SSSR count). The van der Waals surface area contributed by atoms with Crippen molar-refractivity contribution in [2.24, 2.45) is 14.1 Å². The lowest BCUT2D eigenvalue weighted by Crippen LogP contribution is -2.44. The van der Waals surface area contributed by atoms with Crippen LogP contribution in [0.25, 0.3) is 11.2 Å². The number of benzene rings is 1. The van der Waals surface area contributed by atoms with E-state index in [1.165, 1.54) is 48.6 Å². The topological polar surface area (TPSA) is 126 Å². The first-order valence-electron chi connectivity index (χ1n) is 9.69. The molecule has 13 heteroatoms. The molecular weight excluding hydrogens is 477 g/mol. The van der Waals surface area contributed by atoms with Gasteiger partial charge in [-0.3, -0.25) is 28.4 Å². The van der Waals surface area contributed by atoms with Crippen molar-refractivity contribution in [2.75, 3.05) is 6.61 Å². The van der Waals surface area contributed by atoms with Gasteiger partial charge in [-0.05, 0) is 19.1 Å². The lowest BCUT2D eigenvalue weighted by molar-refractivity contribution is -0.148. The monoisotopic (exact) mass is 493 g/mol. The SMILES string of the molecule is CC(C(=O)OCCn1cnc2c1c(=O)n(C)c(=O)n2C)N1C(=O)c2cc(Cl)c(Cl)cc2C1=O. The molecule has 1 unspecified atom stereocenters. The maximum Gasteiger partial charge on any atom is 0.332 e. The Bertz CT molecular complexity index is 1430. The van der Waals surface area contributed by atoms with E-state index in [9.17, 15) is 24.0 Å². The van der Waals surface area contributed by atoms with E-state index >= 15 is 0 Å². The van der Waals surface area contributed by atoms with Crippen molar-refractivity contribution in [1.29, 1.82) is 0 Å². The van der Waals surface area contributed by atoms with Gasteiger partial charge in [-0.25, -0.2) is 14.6 Å². The number of carbonyl (C=O) groups excluding carboxylic acids is 3. The van der Waals surface area contributed by atoms with Gasteiger partial charge in [0, 0.05) is 14.1 Å². The smallest absolute Gasteiger partial charge is 0.332 e. The molecule has 3 aromatic rings. The predicted molar refractivity (Wildman–Crippen MR) is 118 cm³/mol. The summed E-state index contributed by atoms with van der Waals surface area (Å²) in [5, 5.41) is 0.231. The standard InChI is InChI=1S/C20H17Cl2N5O6/c1-9(27-16(28)10-6-12(21)13(22)7-11(10)17(27)29)19(31)33-5-4-26-8-23-15-14(26)18(30)25(3)20(32)24(15)2/h6-9H,4-5H2,1-3H3. The third-order valence-corrected chi connectivity index (χ3v) is 6.20. The van der Waals surface area contributed by atoms with Crippen LogP contribution in [-0.2, 0) is 30.2 Å². The number of halogens is 2. The van der Waals surface area contributed by atoms with Crippen molar-refractivity contribution in [2.45, 2.75) is 19.5 Å². The van der Waals surface area contributed by atoms with Crippen LogP contribution >= 0.6 is 23.2 Å². The van der Waals surface area contributed by atoms with Crippen molar-refractivity contribution < 1.29 is 19.1 Å². The Kier molecular flexibility index (Phi) is 5.62. The molecule has 0 N–H and O–H groups in total. The maximum absolute atomic E-state index is 12.7. The normalized spacial score (nSPS) is 14.2. The van der Waals surface area contributed by atoms with Crippen LogP contribution in [0.4, 0.5) is 0 Å². The summed E-state index contributed by atoms with van der Waals surface area (Å²) in [6, 6.07) is 1.37. The first kappa shape index (κ1) is 22.7. The van der Waals surface area contributed by atoms with Gasteiger partial charge in [0.2, 0.25) is 0 Å². The highest BCUT2D eigenvalue weighted by atomic mass is 35.5. The fourth-order valence-corrected chi connectivity index (χ4v) is 3.97. The number of fused-ring (bicyclic) bond motifs is 2. The van der Waals surface area contributed by atoms with Crippen LogP contribution in [0.15, 0.2) is 28.0 Å². The Morgan fingerprint density at radius 1 is 1.03 bits per heavy atom. The zero-order valence-electron chi connectivity index (χ0n) is 17.7. The van der Waals surface area contributed by atoms with Crippen molar-refractivity contribution in [3.05, 3.63) is 60.5 Å². The first-order chi connectivity index (χ1) is 15.5. The van der Waals surface area contributed by atoms with Crippen LogP contribution in [-0.4, -0.2) is 54.0 Å². The molecule has 0 aliphatic carbocycles. The number of imide groups is 1. The average molecular weight is 494 g/mol. The lowest BCUT2D eigenvalue weighted by atomic mass is 10.1. The Labute approximate surface area is 195 Å². The summed E-state index contributed by atoms with van der Waals surface area (Å²) >= 11 is 11.9. The molecule has 1 aliphatic rings. The molecule has 0 bridgehead atoms. The Hall–Kier alpha value is -3.44. The van der Waals surface area contributed by atoms with Gasteiger partial charge in [-0.1, -0.05) is 23.2 Å². The van der Waals surface area contributed by atoms with Gasteiger partial charge in [-0.2, -0.15) is 0 Å². The summed E-state index contributed by atoms with van der Waals surface area (Å²) in [4.78, 5) is 67.3. The molecule has 0 spiro atoms. The van der Waals surface area contributed by atoms with E-state index in [0.717, 1.165) is 9.47 Å². The molecule has 2 aromatic heterocycles. The van der Waals surface area contributed by atoms with Gasteiger partial charge < -0.3 is 9.30 Å². The molecule has 172 valence electrons. The number of rotatable bonds is 5. The van der Waals surface area contributed by atoms with E-state index in [-0.39, 0.29) is 45.5 Å². The Balaban J connectivity index is 1.48. The molecule has 1 aliphatic heterocycles. The second kappa shape index (κ2) is 8.16. The number of hydrogen-bond donors (Lipinski definition) is 0. The molecule has 3 heterocycles. The van der Waals surface area contributed by atoms with Crippen LogP contribution in [0.5, 0.6) is 0 Å². The van der Waals surface area contributed by atoms with Gasteiger partial charge in [0.05, 0.1) is 34.0 Å². The molecular formula is C20H17Cl2N5O6. The Morgan fingerprint density at radius 2 is 1.61 bits per heavy atom. The van der Waals surface area contributed by atoms with Gasteiger partial charge in [0.15, 0.2) is 11.2 Å². The molecule has 2 amide bonds. The number of ether oxygens (including phenoxy) is 1. The summed E-state index contributed by atoms with van der Waals surface area (Å²) in [6.45, 7) is 1.27. The van der Waals surface area contributed by atoms with E-state index < -0.39 is 35.1 Å². The molecule has 0 fully saturated rings. The number of nitrogens with zero attached hydrogens (tertiary/aromatic N) is 5. The highest BCUT2D eigenvalue weighted by molar-refractivity contribution is 6.43. The number of carbonyl (C=O) groups is 3. The second-order valence-corrected chi connectivity index (χ2v) is 8.27. The van der Waals surface area contributed by atoms with Crippen LogP contribution in [0.3, 0.4) is 0 Å². The molecule has 1 atom stereocenters. The van der Waals surface area contributed by atoms with Crippen LogP contribution in [0.1, 0.15) is 27.6 Å². The molecule has 33 heavy (non-hydrogen) atoms. The van der Waals surface area contributed by atoms with E-state index in [2.05, 4.69) is 4.98 Å². The number of aryl methyl sites for hydroxylation is 1. The largest absolute Gasteiger partial charge is 0.462 e. The summed E-state index contributed by atoms with van der Waals surface area (Å²) in [5.41, 5.74) is -0.556. The molecule has 1 aromatic carbocycles. The molecule has 0 saturated carbocycles. The summed E-state index contributed by atoms with van der Waals surface area (Å²) < 4.78 is 8.89. The number of amides is 2. The quantitative estimate of drug-likeness (QED) is 0.382. The molecule has 11 nitrogen and oxygen atoms in total. The third kappa shape index (κ3) is 3.53. The minimum absolute atomic E-state index is 0.0559. The average Bonchev–Trinajstić information content (AvgIpc) is 3.30. The van der Waals surface area contributed by atoms with Crippen LogP contribution in [0, 0.1) is 0 Å². The molecule has 0 saturated heterocycles. The fourth-order valence-electron chi connectivity index (χ4n) is 3.64. The number of aromatic nitrogens is 4. The summed E-state index contributed by atoms with van der Waals surface area (Å²) in [7, 11) is 2.84. The second-order valence-electron chi connectivity index (χ2n) is 7.45. The van der Waals surface area contributed by atoms with Gasteiger partial charge >= 0.3 is 11.7 Å². The van der Waals surface area contributed by atoms with Crippen molar-refractivity contribution in [3.63, 3.8) is 0 Å². The third-order valence-electron chi connectivity index (χ3n) is 5.48. The van der Waals surface area contributed by atoms with E-state index in [1.807, 2.05) is 0 Å². The van der Waals surface area contributed by atoms with Crippen LogP contribution in [0.2, 0.25) is 10.0 Å². The fraction of sp³-hybridized carbons (Fsp3) is 0.300. The van der Waals surface area contributed by atoms with Gasteiger partial charge in [0.1, 0.15) is 12.6 Å². The minimum atomic E-state index is -1.21. The Morgan fingerprint density at radius 3 is 2.18 bits per heavy atom. The van der Waals surface area contributed by atoms with E-state index in [1.54, 1.807) is 0 Å². The zero-order chi connectivity index (χ0) is 24.2. The van der Waals surface area contributed by atoms with Crippen LogP contribution < -0.4 is 11.2 Å². The van der Waals surface area contributed by atoms with Gasteiger partial charge in [0.25, 0.3) is 17.4 Å². The predicted octanol–water partition coefficient (Wildman–Crippen LogP) is 0.968. The van der Waals surface area contributed by atoms with Crippen molar-refractivity contribution >= 4 is 52.1 Å². The van der Waals surface area contributed by atoms with Gasteiger partial charge in [-0.15, -0.1) is 0 Å². The lowest BCUT2D eigenvalue weighted by Gasteiger charge is -2.21. The van der Waals surface area contributed by atoms with E-state index in [0.29, 0.717) is 0 Å².